The topological polar surface area (TPSA) is 144 Å². The number of carbonyl (C=O) groups is 2. The Morgan fingerprint density at radius 1 is 0.596 bits per heavy atom. The molecule has 0 saturated carbocycles. The fourth-order valence-electron chi connectivity index (χ4n) is 5.99. The molecule has 12 heteroatoms. The van der Waals surface area contributed by atoms with Crippen LogP contribution in [-0.4, -0.2) is 76.4 Å². The SMILES string of the molecule is CCCCCCCCCCCCCC(=O)O[C@H]1C(OC)O[C@H](COC)[C@@H](OS(=O)(=O)O)[C@@H]1OC(=O)CCCCCCCCCCCC. The van der Waals surface area contributed by atoms with Crippen LogP contribution in [0.1, 0.15) is 162 Å². The van der Waals surface area contributed by atoms with Gasteiger partial charge in [0, 0.05) is 27.1 Å². The summed E-state index contributed by atoms with van der Waals surface area (Å²) in [5.74, 6) is -1.15. The van der Waals surface area contributed by atoms with Crippen molar-refractivity contribution in [1.29, 1.82) is 0 Å². The van der Waals surface area contributed by atoms with Crippen LogP contribution in [0.25, 0.3) is 0 Å². The first-order valence-corrected chi connectivity index (χ1v) is 19.7. The van der Waals surface area contributed by atoms with E-state index in [1.807, 2.05) is 0 Å². The molecule has 5 atom stereocenters. The molecule has 0 radical (unpaired) electrons. The molecule has 1 aliphatic rings. The van der Waals surface area contributed by atoms with Crippen molar-refractivity contribution in [2.24, 2.45) is 0 Å². The van der Waals surface area contributed by atoms with E-state index in [9.17, 15) is 22.6 Å². The maximum Gasteiger partial charge on any atom is 0.397 e. The second-order valence-electron chi connectivity index (χ2n) is 12.8. The van der Waals surface area contributed by atoms with Gasteiger partial charge in [-0.2, -0.15) is 8.42 Å². The molecule has 1 aliphatic heterocycles. The summed E-state index contributed by atoms with van der Waals surface area (Å²) in [6, 6.07) is 0. The molecular weight excluding hydrogens is 628 g/mol. The van der Waals surface area contributed by atoms with Crippen LogP contribution in [0.15, 0.2) is 0 Å². The van der Waals surface area contributed by atoms with Crippen LogP contribution in [0.2, 0.25) is 0 Å². The molecule has 1 unspecified atom stereocenters. The highest BCUT2D eigenvalue weighted by atomic mass is 32.3. The normalized spacial score (nSPS) is 21.5. The van der Waals surface area contributed by atoms with Gasteiger partial charge in [-0.3, -0.25) is 14.1 Å². The predicted molar refractivity (Wildman–Crippen MR) is 181 cm³/mol. The fourth-order valence-corrected chi connectivity index (χ4v) is 6.51. The number of hydrogen-bond donors (Lipinski definition) is 1. The van der Waals surface area contributed by atoms with E-state index in [1.54, 1.807) is 0 Å². The van der Waals surface area contributed by atoms with Gasteiger partial charge in [0.15, 0.2) is 18.5 Å². The summed E-state index contributed by atoms with van der Waals surface area (Å²) >= 11 is 0. The van der Waals surface area contributed by atoms with Gasteiger partial charge in [-0.15, -0.1) is 0 Å². The minimum atomic E-state index is -5.00. The van der Waals surface area contributed by atoms with Crippen molar-refractivity contribution in [3.05, 3.63) is 0 Å². The van der Waals surface area contributed by atoms with Crippen LogP contribution in [0.5, 0.6) is 0 Å². The van der Waals surface area contributed by atoms with Crippen molar-refractivity contribution in [3.63, 3.8) is 0 Å². The van der Waals surface area contributed by atoms with Crippen molar-refractivity contribution >= 4 is 22.3 Å². The lowest BCUT2D eigenvalue weighted by atomic mass is 9.98. The molecule has 0 amide bonds. The number of carbonyl (C=O) groups excluding carboxylic acids is 2. The molecule has 0 aromatic heterocycles. The van der Waals surface area contributed by atoms with Crippen molar-refractivity contribution < 1.29 is 50.4 Å². The number of ether oxygens (including phenoxy) is 5. The molecule has 0 bridgehead atoms. The van der Waals surface area contributed by atoms with Crippen LogP contribution in [-0.2, 0) is 47.9 Å². The second kappa shape index (κ2) is 27.5. The van der Waals surface area contributed by atoms with Gasteiger partial charge >= 0.3 is 22.3 Å². The summed E-state index contributed by atoms with van der Waals surface area (Å²) in [7, 11) is -2.28. The lowest BCUT2D eigenvalue weighted by Gasteiger charge is -2.43. The van der Waals surface area contributed by atoms with Gasteiger partial charge in [-0.05, 0) is 12.8 Å². The molecule has 0 aromatic rings. The Balaban J connectivity index is 2.72. The summed E-state index contributed by atoms with van der Waals surface area (Å²) in [5, 5.41) is 0. The number of rotatable bonds is 30. The molecule has 0 aromatic carbocycles. The maximum atomic E-state index is 13.0. The van der Waals surface area contributed by atoms with E-state index in [1.165, 1.54) is 97.7 Å². The lowest BCUT2D eigenvalue weighted by molar-refractivity contribution is -0.297. The molecule has 1 saturated heterocycles. The van der Waals surface area contributed by atoms with Gasteiger partial charge in [0.05, 0.1) is 6.61 Å². The Labute approximate surface area is 285 Å². The zero-order chi connectivity index (χ0) is 34.8. The number of unbranched alkanes of at least 4 members (excludes halogenated alkanes) is 19. The number of methoxy groups -OCH3 is 2. The van der Waals surface area contributed by atoms with E-state index >= 15 is 0 Å². The van der Waals surface area contributed by atoms with Gasteiger partial charge in [0.25, 0.3) is 0 Å². The Bertz CT molecular complexity index is 898. The molecule has 1 heterocycles. The Kier molecular flexibility index (Phi) is 25.6. The molecule has 11 nitrogen and oxygen atoms in total. The van der Waals surface area contributed by atoms with Crippen molar-refractivity contribution in [2.75, 3.05) is 20.8 Å². The smallest absolute Gasteiger partial charge is 0.397 e. The lowest BCUT2D eigenvalue weighted by Crippen LogP contribution is -2.62. The molecule has 47 heavy (non-hydrogen) atoms. The molecular formula is C35H66O11S. The van der Waals surface area contributed by atoms with Crippen molar-refractivity contribution in [2.45, 2.75) is 192 Å². The van der Waals surface area contributed by atoms with E-state index in [-0.39, 0.29) is 19.4 Å². The quantitative estimate of drug-likeness (QED) is 0.0443. The summed E-state index contributed by atoms with van der Waals surface area (Å²) < 4.78 is 66.0. The number of hydrogen-bond acceptors (Lipinski definition) is 10. The maximum absolute atomic E-state index is 13.0. The zero-order valence-corrected chi connectivity index (χ0v) is 30.6. The highest BCUT2D eigenvalue weighted by Gasteiger charge is 2.53. The van der Waals surface area contributed by atoms with Crippen LogP contribution in [0.3, 0.4) is 0 Å². The Morgan fingerprint density at radius 3 is 1.34 bits per heavy atom. The van der Waals surface area contributed by atoms with Crippen molar-refractivity contribution in [3.8, 4) is 0 Å². The first kappa shape index (κ1) is 43.7. The minimum Gasteiger partial charge on any atom is -0.455 e. The average molecular weight is 695 g/mol. The van der Waals surface area contributed by atoms with E-state index in [2.05, 4.69) is 13.8 Å². The van der Waals surface area contributed by atoms with Gasteiger partial charge in [0.1, 0.15) is 12.2 Å². The van der Waals surface area contributed by atoms with E-state index in [0.29, 0.717) is 12.8 Å². The summed E-state index contributed by atoms with van der Waals surface area (Å²) in [4.78, 5) is 25.9. The van der Waals surface area contributed by atoms with Crippen molar-refractivity contribution in [1.82, 2.24) is 0 Å². The first-order valence-electron chi connectivity index (χ1n) is 18.4. The van der Waals surface area contributed by atoms with Crippen LogP contribution in [0.4, 0.5) is 0 Å². The van der Waals surface area contributed by atoms with E-state index in [4.69, 9.17) is 27.9 Å². The predicted octanol–water partition coefficient (Wildman–Crippen LogP) is 8.03. The fraction of sp³-hybridized carbons (Fsp3) is 0.943. The van der Waals surface area contributed by atoms with Crippen LogP contribution < -0.4 is 0 Å². The summed E-state index contributed by atoms with van der Waals surface area (Å²) in [5.41, 5.74) is 0. The molecule has 0 aliphatic carbocycles. The third-order valence-electron chi connectivity index (χ3n) is 8.64. The Morgan fingerprint density at radius 2 is 0.979 bits per heavy atom. The van der Waals surface area contributed by atoms with Crippen LogP contribution >= 0.6 is 0 Å². The highest BCUT2D eigenvalue weighted by Crippen LogP contribution is 2.31. The average Bonchev–Trinajstić information content (AvgIpc) is 3.02. The number of esters is 2. The molecule has 0 spiro atoms. The Hall–Kier alpha value is -1.31. The van der Waals surface area contributed by atoms with Gasteiger partial charge < -0.3 is 23.7 Å². The van der Waals surface area contributed by atoms with Gasteiger partial charge in [-0.1, -0.05) is 136 Å². The second-order valence-corrected chi connectivity index (χ2v) is 13.9. The highest BCUT2D eigenvalue weighted by molar-refractivity contribution is 7.80. The largest absolute Gasteiger partial charge is 0.455 e. The molecule has 1 rings (SSSR count). The van der Waals surface area contributed by atoms with E-state index < -0.39 is 53.0 Å². The third-order valence-corrected chi connectivity index (χ3v) is 9.11. The minimum absolute atomic E-state index is 0.0957. The standard InChI is InChI=1S/C35H66O11S/c1-5-7-9-11-13-15-17-19-21-23-25-27-31(37)45-34-33(32(46-47(38,39)40)29(28-41-3)43-35(34)42-4)44-30(36)26-24-22-20-18-16-14-12-10-8-6-2/h29,32-35H,5-28H2,1-4H3,(H,38,39,40)/t29-,32-,33+,34-,35?/m1/s1. The first-order chi connectivity index (χ1) is 22.7. The monoisotopic (exact) mass is 694 g/mol. The van der Waals surface area contributed by atoms with Gasteiger partial charge in [-0.25, -0.2) is 4.18 Å². The molecule has 1 fully saturated rings. The molecule has 278 valence electrons. The van der Waals surface area contributed by atoms with Crippen LogP contribution in [0, 0.1) is 0 Å². The van der Waals surface area contributed by atoms with E-state index in [0.717, 1.165) is 38.5 Å². The summed E-state index contributed by atoms with van der Waals surface area (Å²) in [6.45, 7) is 4.26. The summed E-state index contributed by atoms with van der Waals surface area (Å²) in [6.07, 6.45) is 17.2. The molecule has 1 N–H and O–H groups in total. The third kappa shape index (κ3) is 21.4. The zero-order valence-electron chi connectivity index (χ0n) is 29.8. The van der Waals surface area contributed by atoms with Gasteiger partial charge in [0.2, 0.25) is 0 Å².